The van der Waals surface area contributed by atoms with E-state index in [1.54, 1.807) is 0 Å². The van der Waals surface area contributed by atoms with Gasteiger partial charge in [0.05, 0.1) is 0 Å². The summed E-state index contributed by atoms with van der Waals surface area (Å²) in [5.41, 5.74) is 2.30. The van der Waals surface area contributed by atoms with E-state index in [4.69, 9.17) is 11.6 Å². The third-order valence-corrected chi connectivity index (χ3v) is 3.38. The standard InChI is InChI=1S/C16H21ClN4/c1-3-9-19-16-20-11-12(2)15(21-16)18-10-8-13-4-6-14(17)7-5-13/h4-7,11H,3,8-10H2,1-2H3,(H2,18,19,20,21). The van der Waals surface area contributed by atoms with Gasteiger partial charge in [-0.1, -0.05) is 30.7 Å². The van der Waals surface area contributed by atoms with Crippen LogP contribution in [0.1, 0.15) is 24.5 Å². The largest absolute Gasteiger partial charge is 0.369 e. The highest BCUT2D eigenvalue weighted by Gasteiger charge is 2.03. The predicted molar refractivity (Wildman–Crippen MR) is 89.2 cm³/mol. The minimum Gasteiger partial charge on any atom is -0.369 e. The Labute approximate surface area is 131 Å². The third-order valence-electron chi connectivity index (χ3n) is 3.12. The van der Waals surface area contributed by atoms with Crippen LogP contribution in [-0.4, -0.2) is 23.1 Å². The maximum absolute atomic E-state index is 5.88. The lowest BCUT2D eigenvalue weighted by atomic mass is 10.1. The Kier molecular flexibility index (Phi) is 5.81. The number of nitrogens with zero attached hydrogens (tertiary/aromatic N) is 2. The van der Waals surface area contributed by atoms with E-state index in [0.29, 0.717) is 5.95 Å². The van der Waals surface area contributed by atoms with Gasteiger partial charge in [0, 0.05) is 29.9 Å². The highest BCUT2D eigenvalue weighted by atomic mass is 35.5. The van der Waals surface area contributed by atoms with E-state index in [1.165, 1.54) is 5.56 Å². The second-order valence-corrected chi connectivity index (χ2v) is 5.39. The molecule has 0 bridgehead atoms. The molecule has 0 saturated carbocycles. The molecule has 2 N–H and O–H groups in total. The molecule has 0 fully saturated rings. The van der Waals surface area contributed by atoms with Gasteiger partial charge in [0.15, 0.2) is 0 Å². The third kappa shape index (κ3) is 4.90. The van der Waals surface area contributed by atoms with Crippen LogP contribution in [0.3, 0.4) is 0 Å². The fourth-order valence-corrected chi connectivity index (χ4v) is 2.05. The van der Waals surface area contributed by atoms with Gasteiger partial charge in [-0.15, -0.1) is 0 Å². The van der Waals surface area contributed by atoms with Gasteiger partial charge in [-0.3, -0.25) is 0 Å². The van der Waals surface area contributed by atoms with Crippen molar-refractivity contribution in [2.75, 3.05) is 23.7 Å². The van der Waals surface area contributed by atoms with Crippen LogP contribution in [0.2, 0.25) is 5.02 Å². The first-order valence-electron chi connectivity index (χ1n) is 7.25. The predicted octanol–water partition coefficient (Wildman–Crippen LogP) is 3.91. The first kappa shape index (κ1) is 15.6. The van der Waals surface area contributed by atoms with Crippen molar-refractivity contribution in [1.82, 2.24) is 9.97 Å². The Balaban J connectivity index is 1.91. The Bertz CT molecular complexity index is 569. The fourth-order valence-electron chi connectivity index (χ4n) is 1.92. The molecule has 2 aromatic rings. The lowest BCUT2D eigenvalue weighted by Gasteiger charge is -2.10. The van der Waals surface area contributed by atoms with Crippen molar-refractivity contribution in [3.05, 3.63) is 46.6 Å². The van der Waals surface area contributed by atoms with Crippen molar-refractivity contribution >= 4 is 23.4 Å². The second kappa shape index (κ2) is 7.84. The molecule has 5 heteroatoms. The monoisotopic (exact) mass is 304 g/mol. The van der Waals surface area contributed by atoms with Gasteiger partial charge in [0.1, 0.15) is 5.82 Å². The molecule has 1 aromatic carbocycles. The minimum absolute atomic E-state index is 0.677. The molecule has 0 aliphatic heterocycles. The van der Waals surface area contributed by atoms with Gasteiger partial charge in [-0.05, 0) is 37.5 Å². The maximum atomic E-state index is 5.88. The number of hydrogen-bond acceptors (Lipinski definition) is 4. The zero-order valence-electron chi connectivity index (χ0n) is 12.5. The Morgan fingerprint density at radius 2 is 1.86 bits per heavy atom. The summed E-state index contributed by atoms with van der Waals surface area (Å²) >= 11 is 5.88. The van der Waals surface area contributed by atoms with Gasteiger partial charge in [0.25, 0.3) is 0 Å². The average molecular weight is 305 g/mol. The molecule has 0 unspecified atom stereocenters. The normalized spacial score (nSPS) is 10.4. The number of anilines is 2. The highest BCUT2D eigenvalue weighted by molar-refractivity contribution is 6.30. The maximum Gasteiger partial charge on any atom is 0.224 e. The molecular weight excluding hydrogens is 284 g/mol. The van der Waals surface area contributed by atoms with Crippen LogP contribution in [-0.2, 0) is 6.42 Å². The van der Waals surface area contributed by atoms with Crippen LogP contribution in [0.5, 0.6) is 0 Å². The van der Waals surface area contributed by atoms with Gasteiger partial charge in [0.2, 0.25) is 5.95 Å². The van der Waals surface area contributed by atoms with Crippen LogP contribution in [0.15, 0.2) is 30.5 Å². The van der Waals surface area contributed by atoms with Crippen molar-refractivity contribution in [3.63, 3.8) is 0 Å². The summed E-state index contributed by atoms with van der Waals surface area (Å²) < 4.78 is 0. The van der Waals surface area contributed by atoms with Crippen molar-refractivity contribution in [2.24, 2.45) is 0 Å². The minimum atomic E-state index is 0.677. The van der Waals surface area contributed by atoms with Crippen LogP contribution in [0, 0.1) is 6.92 Å². The van der Waals surface area contributed by atoms with Gasteiger partial charge >= 0.3 is 0 Å². The van der Waals surface area contributed by atoms with E-state index < -0.39 is 0 Å². The van der Waals surface area contributed by atoms with Crippen LogP contribution in [0.25, 0.3) is 0 Å². The lowest BCUT2D eigenvalue weighted by molar-refractivity contribution is 0.942. The molecule has 0 saturated heterocycles. The summed E-state index contributed by atoms with van der Waals surface area (Å²) in [5.74, 6) is 1.56. The lowest BCUT2D eigenvalue weighted by Crippen LogP contribution is -2.11. The molecular formula is C16H21ClN4. The summed E-state index contributed by atoms with van der Waals surface area (Å²) in [5, 5.41) is 7.34. The Morgan fingerprint density at radius 1 is 1.10 bits per heavy atom. The molecule has 1 aromatic heterocycles. The molecule has 4 nitrogen and oxygen atoms in total. The molecule has 2 rings (SSSR count). The molecule has 1 heterocycles. The number of aryl methyl sites for hydroxylation is 1. The number of hydrogen-bond donors (Lipinski definition) is 2. The molecule has 0 aliphatic rings. The smallest absolute Gasteiger partial charge is 0.224 e. The van der Waals surface area contributed by atoms with Crippen molar-refractivity contribution in [2.45, 2.75) is 26.7 Å². The highest BCUT2D eigenvalue weighted by Crippen LogP contribution is 2.13. The summed E-state index contributed by atoms with van der Waals surface area (Å²) in [7, 11) is 0. The van der Waals surface area contributed by atoms with E-state index >= 15 is 0 Å². The SMILES string of the molecule is CCCNc1ncc(C)c(NCCc2ccc(Cl)cc2)n1. The molecule has 0 radical (unpaired) electrons. The van der Waals surface area contributed by atoms with Crippen molar-refractivity contribution in [1.29, 1.82) is 0 Å². The van der Waals surface area contributed by atoms with Crippen LogP contribution >= 0.6 is 11.6 Å². The van der Waals surface area contributed by atoms with Crippen molar-refractivity contribution in [3.8, 4) is 0 Å². The Morgan fingerprint density at radius 3 is 2.57 bits per heavy atom. The topological polar surface area (TPSA) is 49.8 Å². The Hall–Kier alpha value is -1.81. The van der Waals surface area contributed by atoms with E-state index in [0.717, 1.165) is 42.3 Å². The van der Waals surface area contributed by atoms with Gasteiger partial charge < -0.3 is 10.6 Å². The van der Waals surface area contributed by atoms with Gasteiger partial charge in [-0.2, -0.15) is 4.98 Å². The van der Waals surface area contributed by atoms with E-state index in [-0.39, 0.29) is 0 Å². The fraction of sp³-hybridized carbons (Fsp3) is 0.375. The number of rotatable bonds is 7. The summed E-state index contributed by atoms with van der Waals surface area (Å²) in [6, 6.07) is 7.93. The molecule has 0 amide bonds. The van der Waals surface area contributed by atoms with Crippen LogP contribution < -0.4 is 10.6 Å². The summed E-state index contributed by atoms with van der Waals surface area (Å²) in [6.45, 7) is 5.83. The van der Waals surface area contributed by atoms with E-state index in [9.17, 15) is 0 Å². The molecule has 0 atom stereocenters. The number of benzene rings is 1. The van der Waals surface area contributed by atoms with Crippen molar-refractivity contribution < 1.29 is 0 Å². The summed E-state index contributed by atoms with van der Waals surface area (Å²) in [6.07, 6.45) is 3.82. The zero-order chi connectivity index (χ0) is 15.1. The average Bonchev–Trinajstić information content (AvgIpc) is 2.50. The number of aromatic nitrogens is 2. The van der Waals surface area contributed by atoms with Crippen LogP contribution in [0.4, 0.5) is 11.8 Å². The molecule has 112 valence electrons. The number of halogens is 1. The van der Waals surface area contributed by atoms with Gasteiger partial charge in [-0.25, -0.2) is 4.98 Å². The molecule has 21 heavy (non-hydrogen) atoms. The quantitative estimate of drug-likeness (QED) is 0.814. The number of nitrogens with one attached hydrogen (secondary N) is 2. The first-order chi connectivity index (χ1) is 10.2. The zero-order valence-corrected chi connectivity index (χ0v) is 13.2. The second-order valence-electron chi connectivity index (χ2n) is 4.96. The van der Waals surface area contributed by atoms with E-state index in [1.807, 2.05) is 37.4 Å². The van der Waals surface area contributed by atoms with E-state index in [2.05, 4.69) is 27.5 Å². The molecule has 0 aliphatic carbocycles. The summed E-state index contributed by atoms with van der Waals surface area (Å²) in [4.78, 5) is 8.78. The molecule has 0 spiro atoms. The first-order valence-corrected chi connectivity index (χ1v) is 7.62.